The predicted octanol–water partition coefficient (Wildman–Crippen LogP) is 2.42. The van der Waals surface area contributed by atoms with Crippen molar-refractivity contribution in [3.8, 4) is 0 Å². The third-order valence-electron chi connectivity index (χ3n) is 1.02. The molecule has 3 nitrogen and oxygen atoms in total. The second-order valence-electron chi connectivity index (χ2n) is 2.21. The first-order valence-corrected chi connectivity index (χ1v) is 4.32. The summed E-state index contributed by atoms with van der Waals surface area (Å²) in [5.41, 5.74) is 0. The molecule has 0 saturated carbocycles. The van der Waals surface area contributed by atoms with Crippen LogP contribution in [0.3, 0.4) is 0 Å². The van der Waals surface area contributed by atoms with Crippen molar-refractivity contribution >= 4 is 22.8 Å². The van der Waals surface area contributed by atoms with Gasteiger partial charge in [-0.1, -0.05) is 20.3 Å². The largest absolute Gasteiger partial charge is 0.481 e. The maximum absolute atomic E-state index is 9.76. The number of carboxylic acids is 1. The molecular formula is C8H15ClO3. The number of hydrogen-bond donors (Lipinski definition) is 1. The van der Waals surface area contributed by atoms with Crippen LogP contribution in [0, 0.1) is 0 Å². The van der Waals surface area contributed by atoms with E-state index < -0.39 is 5.97 Å². The first kappa shape index (κ1) is 14.0. The third-order valence-corrected chi connectivity index (χ3v) is 1.29. The van der Waals surface area contributed by atoms with E-state index in [0.717, 1.165) is 12.8 Å². The van der Waals surface area contributed by atoms with Gasteiger partial charge in [0.2, 0.25) is 5.24 Å². The van der Waals surface area contributed by atoms with E-state index in [0.29, 0.717) is 12.8 Å². The molecule has 12 heavy (non-hydrogen) atoms. The van der Waals surface area contributed by atoms with Gasteiger partial charge in [0.25, 0.3) is 0 Å². The normalized spacial score (nSPS) is 8.25. The Morgan fingerprint density at radius 1 is 1.33 bits per heavy atom. The fraction of sp³-hybridized carbons (Fsp3) is 0.750. The second kappa shape index (κ2) is 10.4. The van der Waals surface area contributed by atoms with Crippen molar-refractivity contribution in [3.05, 3.63) is 0 Å². The van der Waals surface area contributed by atoms with Gasteiger partial charge in [-0.05, 0) is 18.0 Å². The van der Waals surface area contributed by atoms with Crippen molar-refractivity contribution < 1.29 is 14.7 Å². The van der Waals surface area contributed by atoms with Crippen molar-refractivity contribution in [2.24, 2.45) is 0 Å². The quantitative estimate of drug-likeness (QED) is 0.700. The highest BCUT2D eigenvalue weighted by Crippen LogP contribution is 1.91. The van der Waals surface area contributed by atoms with Crippen LogP contribution in [0.4, 0.5) is 0 Å². The monoisotopic (exact) mass is 194 g/mol. The minimum Gasteiger partial charge on any atom is -0.481 e. The van der Waals surface area contributed by atoms with Crippen LogP contribution in [0.2, 0.25) is 0 Å². The third kappa shape index (κ3) is 22.7. The number of halogens is 1. The molecule has 0 aliphatic heterocycles. The molecule has 0 radical (unpaired) electrons. The average molecular weight is 195 g/mol. The van der Waals surface area contributed by atoms with Gasteiger partial charge in [0.1, 0.15) is 0 Å². The van der Waals surface area contributed by atoms with E-state index in [4.69, 9.17) is 16.7 Å². The molecule has 0 aliphatic carbocycles. The molecule has 0 aliphatic rings. The van der Waals surface area contributed by atoms with Crippen LogP contribution in [0.5, 0.6) is 0 Å². The molecule has 0 aromatic heterocycles. The predicted molar refractivity (Wildman–Crippen MR) is 48.3 cm³/mol. The molecule has 0 aromatic carbocycles. The maximum Gasteiger partial charge on any atom is 0.303 e. The summed E-state index contributed by atoms with van der Waals surface area (Å²) in [6.45, 7) is 3.69. The number of carbonyl (C=O) groups excluding carboxylic acids is 1. The Kier molecular flexibility index (Phi) is 12.2. The van der Waals surface area contributed by atoms with Crippen molar-refractivity contribution in [3.63, 3.8) is 0 Å². The van der Waals surface area contributed by atoms with E-state index >= 15 is 0 Å². The fourth-order valence-corrected chi connectivity index (χ4v) is 0.328. The van der Waals surface area contributed by atoms with Gasteiger partial charge in [-0.3, -0.25) is 9.59 Å². The van der Waals surface area contributed by atoms with E-state index in [1.54, 1.807) is 6.92 Å². The Morgan fingerprint density at radius 2 is 1.75 bits per heavy atom. The average Bonchev–Trinajstić information content (AvgIpc) is 2.02. The molecule has 0 heterocycles. The summed E-state index contributed by atoms with van der Waals surface area (Å²) in [5.74, 6) is -0.693. The molecule has 0 fully saturated rings. The van der Waals surface area contributed by atoms with Gasteiger partial charge in [0, 0.05) is 12.8 Å². The molecule has 72 valence electrons. The van der Waals surface area contributed by atoms with Crippen LogP contribution < -0.4 is 0 Å². The fourth-order valence-electron chi connectivity index (χ4n) is 0.328. The van der Waals surface area contributed by atoms with E-state index in [1.165, 1.54) is 0 Å². The lowest BCUT2D eigenvalue weighted by atomic mass is 10.3. The summed E-state index contributed by atoms with van der Waals surface area (Å²) in [6.07, 6.45) is 2.51. The van der Waals surface area contributed by atoms with Crippen LogP contribution >= 0.6 is 11.6 Å². The van der Waals surface area contributed by atoms with Crippen molar-refractivity contribution in [1.29, 1.82) is 0 Å². The molecule has 0 rings (SSSR count). The Bertz CT molecular complexity index is 134. The van der Waals surface area contributed by atoms with Gasteiger partial charge in [0.15, 0.2) is 0 Å². The van der Waals surface area contributed by atoms with Crippen LogP contribution in [0.25, 0.3) is 0 Å². The molecule has 0 bridgehead atoms. The second-order valence-corrected chi connectivity index (χ2v) is 2.63. The molecule has 0 unspecified atom stereocenters. The highest BCUT2D eigenvalue weighted by molar-refractivity contribution is 6.63. The molecule has 1 N–H and O–H groups in total. The number of carboxylic acid groups (broad SMARTS) is 1. The molecule has 0 atom stereocenters. The minimum atomic E-state index is -0.693. The number of aliphatic carboxylic acids is 1. The molecule has 0 aromatic rings. The van der Waals surface area contributed by atoms with Gasteiger partial charge in [-0.25, -0.2) is 0 Å². The Labute approximate surface area is 77.7 Å². The highest BCUT2D eigenvalue weighted by Gasteiger charge is 1.90. The SMILES string of the molecule is CCC(=O)Cl.CCCCC(=O)O. The van der Waals surface area contributed by atoms with Crippen molar-refractivity contribution in [2.75, 3.05) is 0 Å². The summed E-state index contributed by atoms with van der Waals surface area (Å²) < 4.78 is 0. The number of rotatable bonds is 4. The molecule has 4 heteroatoms. The van der Waals surface area contributed by atoms with Gasteiger partial charge in [-0.15, -0.1) is 0 Å². The summed E-state index contributed by atoms with van der Waals surface area (Å²) >= 11 is 4.82. The smallest absolute Gasteiger partial charge is 0.303 e. The number of carbonyl (C=O) groups is 2. The standard InChI is InChI=1S/C5H10O2.C3H5ClO/c1-2-3-4-5(6)7;1-2-3(4)5/h2-4H2,1H3,(H,6,7);2H2,1H3. The molecule has 0 amide bonds. The van der Waals surface area contributed by atoms with E-state index in [-0.39, 0.29) is 5.24 Å². The topological polar surface area (TPSA) is 54.4 Å². The maximum atomic E-state index is 9.76. The summed E-state index contributed by atoms with van der Waals surface area (Å²) in [4.78, 5) is 19.3. The lowest BCUT2D eigenvalue weighted by molar-refractivity contribution is -0.137. The van der Waals surface area contributed by atoms with Crippen molar-refractivity contribution in [1.82, 2.24) is 0 Å². The Hall–Kier alpha value is -0.570. The van der Waals surface area contributed by atoms with Gasteiger partial charge < -0.3 is 5.11 Å². The van der Waals surface area contributed by atoms with Gasteiger partial charge in [0.05, 0.1) is 0 Å². The molecule has 0 spiro atoms. The van der Waals surface area contributed by atoms with E-state index in [9.17, 15) is 9.59 Å². The zero-order chi connectivity index (χ0) is 9.98. The molecular weight excluding hydrogens is 180 g/mol. The van der Waals surface area contributed by atoms with Crippen LogP contribution in [0.15, 0.2) is 0 Å². The van der Waals surface area contributed by atoms with Crippen molar-refractivity contribution in [2.45, 2.75) is 39.5 Å². The van der Waals surface area contributed by atoms with Crippen LogP contribution in [0.1, 0.15) is 39.5 Å². The first-order chi connectivity index (χ1) is 5.54. The lowest BCUT2D eigenvalue weighted by Crippen LogP contribution is -1.91. The number of unbranched alkanes of at least 4 members (excludes halogenated alkanes) is 1. The first-order valence-electron chi connectivity index (χ1n) is 3.94. The van der Waals surface area contributed by atoms with E-state index in [2.05, 4.69) is 0 Å². The summed E-state index contributed by atoms with van der Waals surface area (Å²) in [7, 11) is 0. The lowest BCUT2D eigenvalue weighted by Gasteiger charge is -1.85. The Balaban J connectivity index is 0. The number of hydrogen-bond acceptors (Lipinski definition) is 2. The zero-order valence-corrected chi connectivity index (χ0v) is 8.23. The van der Waals surface area contributed by atoms with Crippen LogP contribution in [-0.4, -0.2) is 16.3 Å². The zero-order valence-electron chi connectivity index (χ0n) is 7.47. The summed E-state index contributed by atoms with van der Waals surface area (Å²) in [6, 6.07) is 0. The molecule has 0 saturated heterocycles. The van der Waals surface area contributed by atoms with E-state index in [1.807, 2.05) is 6.92 Å². The Morgan fingerprint density at radius 3 is 1.83 bits per heavy atom. The highest BCUT2D eigenvalue weighted by atomic mass is 35.5. The van der Waals surface area contributed by atoms with Gasteiger partial charge >= 0.3 is 5.97 Å². The van der Waals surface area contributed by atoms with Gasteiger partial charge in [-0.2, -0.15) is 0 Å². The summed E-state index contributed by atoms with van der Waals surface area (Å²) in [5, 5.41) is 7.77. The minimum absolute atomic E-state index is 0.273. The van der Waals surface area contributed by atoms with Crippen LogP contribution in [-0.2, 0) is 9.59 Å².